The van der Waals surface area contributed by atoms with Crippen LogP contribution >= 0.6 is 0 Å². The Morgan fingerprint density at radius 1 is 1.18 bits per heavy atom. The summed E-state index contributed by atoms with van der Waals surface area (Å²) >= 11 is 0. The van der Waals surface area contributed by atoms with Gasteiger partial charge in [-0.1, -0.05) is 0 Å². The largest absolute Gasteiger partial charge is 3.00 e. The van der Waals surface area contributed by atoms with Crippen molar-refractivity contribution in [1.29, 1.82) is 0 Å². The summed E-state index contributed by atoms with van der Waals surface area (Å²) in [7, 11) is 1.35. The van der Waals surface area contributed by atoms with E-state index in [2.05, 4.69) is 0 Å². The summed E-state index contributed by atoms with van der Waals surface area (Å²) in [6, 6.07) is 0.528. The van der Waals surface area contributed by atoms with Crippen LogP contribution in [0.1, 0.15) is 53.4 Å². The quantitative estimate of drug-likeness (QED) is 0.193. The van der Waals surface area contributed by atoms with Gasteiger partial charge in [0.15, 0.2) is 5.97 Å². The average Bonchev–Trinajstić information content (AvgIpc) is 2.56. The summed E-state index contributed by atoms with van der Waals surface area (Å²) in [6.45, 7) is 7.09. The Morgan fingerprint density at radius 3 is 2.27 bits per heavy atom. The molecule has 1 aliphatic carbocycles. The second-order valence-corrected chi connectivity index (χ2v) is 6.26. The van der Waals surface area contributed by atoms with Crippen LogP contribution in [0.25, 0.3) is 0 Å². The predicted molar refractivity (Wildman–Crippen MR) is 75.7 cm³/mol. The van der Waals surface area contributed by atoms with Gasteiger partial charge in [-0.2, -0.15) is 19.8 Å². The van der Waals surface area contributed by atoms with Gasteiger partial charge in [0.25, 0.3) is 0 Å². The number of methoxy groups -OCH3 is 1. The molecule has 1 fully saturated rings. The second-order valence-electron chi connectivity index (χ2n) is 6.26. The molecule has 0 aromatic rings. The number of rotatable bonds is 2. The van der Waals surface area contributed by atoms with Gasteiger partial charge in [0.05, 0.1) is 7.11 Å². The SMILES string of the molecule is COC(=O)[C-]1CC[C-](N(O)C(=O)OC(C)(C)C)C[C-](C)C1.[U+3]. The summed E-state index contributed by atoms with van der Waals surface area (Å²) in [4.78, 5) is 23.5. The second kappa shape index (κ2) is 9.05. The van der Waals surface area contributed by atoms with Crippen molar-refractivity contribution in [2.24, 2.45) is 0 Å². The number of amides is 1. The van der Waals surface area contributed by atoms with Crippen molar-refractivity contribution in [1.82, 2.24) is 5.06 Å². The van der Waals surface area contributed by atoms with Crippen molar-refractivity contribution in [2.45, 2.75) is 59.0 Å². The van der Waals surface area contributed by atoms with Crippen LogP contribution in [0, 0.1) is 49.0 Å². The maximum Gasteiger partial charge on any atom is 3.00 e. The fourth-order valence-corrected chi connectivity index (χ4v) is 2.18. The van der Waals surface area contributed by atoms with Crippen molar-refractivity contribution in [3.8, 4) is 0 Å². The van der Waals surface area contributed by atoms with Gasteiger partial charge in [0.1, 0.15) is 5.60 Å². The number of esters is 1. The Bertz CT molecular complexity index is 383. The zero-order chi connectivity index (χ0) is 16.2. The van der Waals surface area contributed by atoms with E-state index >= 15 is 0 Å². The minimum absolute atomic E-state index is 0. The monoisotopic (exact) mass is 536 g/mol. The van der Waals surface area contributed by atoms with E-state index in [1.165, 1.54) is 7.11 Å². The Kier molecular flexibility index (Phi) is 8.89. The fraction of sp³-hybridized carbons (Fsp3) is 0.667. The van der Waals surface area contributed by atoms with Gasteiger partial charge < -0.3 is 31.6 Å². The Balaban J connectivity index is 0.00000441. The standard InChI is InChI=1S/C15H24NO5.U/c1-10-8-11(13(17)20-5)6-7-12(9-10)16(19)14(18)21-15(2,3)4;/h19H,6-9H2,1-5H3;/q-3;+3. The van der Waals surface area contributed by atoms with Crippen LogP contribution < -0.4 is 0 Å². The molecule has 0 unspecified atom stereocenters. The van der Waals surface area contributed by atoms with E-state index in [1.807, 2.05) is 6.92 Å². The fourth-order valence-electron chi connectivity index (χ4n) is 2.18. The van der Waals surface area contributed by atoms with Gasteiger partial charge in [-0.15, -0.1) is 0 Å². The molecule has 1 N–H and O–H groups in total. The third kappa shape index (κ3) is 6.80. The summed E-state index contributed by atoms with van der Waals surface area (Å²) in [5, 5.41) is 10.6. The van der Waals surface area contributed by atoms with Crippen LogP contribution in [-0.4, -0.2) is 35.0 Å². The number of hydrogen-bond acceptors (Lipinski definition) is 5. The maximum atomic E-state index is 11.9. The molecule has 0 aromatic heterocycles. The number of carbonyl (C=O) groups is 2. The predicted octanol–water partition coefficient (Wildman–Crippen LogP) is 3.06. The molecule has 0 bridgehead atoms. The third-order valence-electron chi connectivity index (χ3n) is 3.08. The number of nitrogens with zero attached hydrogens (tertiary/aromatic N) is 1. The van der Waals surface area contributed by atoms with E-state index in [0.717, 1.165) is 5.92 Å². The Hall–Kier alpha value is -0.378. The number of carbonyl (C=O) groups excluding carboxylic acids is 2. The molecule has 123 valence electrons. The summed E-state index contributed by atoms with van der Waals surface area (Å²) in [5.41, 5.74) is -0.675. The average molecular weight is 536 g/mol. The molecule has 22 heavy (non-hydrogen) atoms. The molecular weight excluding hydrogens is 512 g/mol. The molecule has 0 aliphatic heterocycles. The van der Waals surface area contributed by atoms with Crippen LogP contribution in [0.2, 0.25) is 0 Å². The van der Waals surface area contributed by atoms with Crippen molar-refractivity contribution in [3.05, 3.63) is 17.9 Å². The van der Waals surface area contributed by atoms with Crippen molar-refractivity contribution < 1.29 is 55.4 Å². The summed E-state index contributed by atoms with van der Waals surface area (Å²) in [5.74, 6) is 1.31. The molecule has 0 aromatic carbocycles. The minimum atomic E-state index is -0.799. The first-order valence-electron chi connectivity index (χ1n) is 6.95. The molecule has 0 atom stereocenters. The first-order valence-corrected chi connectivity index (χ1v) is 6.95. The molecule has 1 aliphatic rings. The summed E-state index contributed by atoms with van der Waals surface area (Å²) in [6.07, 6.45) is 1.05. The molecule has 1 amide bonds. The van der Waals surface area contributed by atoms with Crippen LogP contribution in [0.5, 0.6) is 0 Å². The molecule has 7 heteroatoms. The van der Waals surface area contributed by atoms with Crippen LogP contribution in [0.4, 0.5) is 4.79 Å². The van der Waals surface area contributed by atoms with Crippen LogP contribution in [0.3, 0.4) is 0 Å². The zero-order valence-electron chi connectivity index (χ0n) is 13.9. The summed E-state index contributed by atoms with van der Waals surface area (Å²) < 4.78 is 9.87. The van der Waals surface area contributed by atoms with Gasteiger partial charge in [-0.3, -0.25) is 17.6 Å². The van der Waals surface area contributed by atoms with E-state index in [1.54, 1.807) is 20.8 Å². The van der Waals surface area contributed by atoms with Gasteiger partial charge in [-0.05, 0) is 20.8 Å². The van der Waals surface area contributed by atoms with Gasteiger partial charge in [0.2, 0.25) is 0 Å². The number of hydrogen-bond donors (Lipinski definition) is 1. The molecule has 1 rings (SSSR count). The van der Waals surface area contributed by atoms with Gasteiger partial charge >= 0.3 is 37.2 Å². The topological polar surface area (TPSA) is 76.1 Å². The van der Waals surface area contributed by atoms with E-state index in [4.69, 9.17) is 9.47 Å². The zero-order valence-corrected chi connectivity index (χ0v) is 18.0. The third-order valence-corrected chi connectivity index (χ3v) is 3.08. The molecular formula is C15H24NO5U. The Labute approximate surface area is 156 Å². The van der Waals surface area contributed by atoms with Crippen molar-refractivity contribution in [3.63, 3.8) is 0 Å². The van der Waals surface area contributed by atoms with Crippen LogP contribution in [-0.2, 0) is 14.3 Å². The van der Waals surface area contributed by atoms with Gasteiger partial charge in [-0.25, -0.2) is 10.8 Å². The van der Waals surface area contributed by atoms with E-state index < -0.39 is 11.7 Å². The van der Waals surface area contributed by atoms with E-state index in [-0.39, 0.29) is 37.1 Å². The van der Waals surface area contributed by atoms with E-state index in [0.29, 0.717) is 42.7 Å². The smallest absolute Gasteiger partial charge is 0.491 e. The molecule has 1 saturated carbocycles. The first-order chi connectivity index (χ1) is 9.64. The normalized spacial score (nSPS) is 17.3. The molecule has 1 radical (unpaired) electrons. The van der Waals surface area contributed by atoms with Crippen LogP contribution in [0.15, 0.2) is 0 Å². The maximum absolute atomic E-state index is 11.9. The van der Waals surface area contributed by atoms with Gasteiger partial charge in [0, 0.05) is 0 Å². The Morgan fingerprint density at radius 2 is 1.77 bits per heavy atom. The molecule has 6 nitrogen and oxygen atoms in total. The first kappa shape index (κ1) is 21.6. The number of ether oxygens (including phenoxy) is 2. The van der Waals surface area contributed by atoms with E-state index in [9.17, 15) is 14.8 Å². The minimum Gasteiger partial charge on any atom is -0.491 e. The molecule has 0 spiro atoms. The van der Waals surface area contributed by atoms with Crippen molar-refractivity contribution in [2.75, 3.05) is 7.11 Å². The van der Waals surface area contributed by atoms with Crippen molar-refractivity contribution >= 4 is 12.1 Å². The number of hydroxylamine groups is 2. The molecule has 0 heterocycles. The molecule has 0 saturated heterocycles.